The molecule has 0 bridgehead atoms. The first-order chi connectivity index (χ1) is 16.6. The Balaban J connectivity index is 1.70. The maximum absolute atomic E-state index is 12.2. The number of aromatic amines is 1. The molecule has 0 saturated carbocycles. The number of aromatic carboxylic acids is 1. The summed E-state index contributed by atoms with van der Waals surface area (Å²) in [6.07, 6.45) is -0.0578. The predicted molar refractivity (Wildman–Crippen MR) is 129 cm³/mol. The Morgan fingerprint density at radius 1 is 1.11 bits per heavy atom. The Kier molecular flexibility index (Phi) is 6.77. The van der Waals surface area contributed by atoms with Gasteiger partial charge in [0.15, 0.2) is 5.69 Å². The van der Waals surface area contributed by atoms with Crippen LogP contribution in [-0.4, -0.2) is 52.5 Å². The Hall–Kier alpha value is -3.89. The molecule has 10 nitrogen and oxygen atoms in total. The molecule has 2 heterocycles. The number of aromatic nitrogens is 6. The van der Waals surface area contributed by atoms with Gasteiger partial charge >= 0.3 is 5.97 Å². The van der Waals surface area contributed by atoms with Gasteiger partial charge in [0.1, 0.15) is 23.7 Å². The number of hydrogen-bond acceptors (Lipinski definition) is 7. The molecule has 4 rings (SSSR count). The van der Waals surface area contributed by atoms with Crippen LogP contribution in [0.2, 0.25) is 0 Å². The molecule has 0 aliphatic rings. The molecule has 0 aliphatic carbocycles. The van der Waals surface area contributed by atoms with Crippen molar-refractivity contribution >= 4 is 5.97 Å². The first-order valence-corrected chi connectivity index (χ1v) is 11.2. The normalized spacial score (nSPS) is 11.8. The van der Waals surface area contributed by atoms with Gasteiger partial charge in [-0.25, -0.2) is 9.78 Å². The SMILES string of the molecule is CC(C)OCc1nc(C(C)(C)O)c(C(=O)O)n1Cc1ccc(-c2ccccc2-c2nn[nH]n2)cc1. The molecule has 0 spiro atoms. The molecule has 182 valence electrons. The zero-order chi connectivity index (χ0) is 25.2. The van der Waals surface area contributed by atoms with Crippen molar-refractivity contribution in [2.24, 2.45) is 0 Å². The smallest absolute Gasteiger partial charge is 0.354 e. The van der Waals surface area contributed by atoms with Gasteiger partial charge in [-0.2, -0.15) is 5.21 Å². The highest BCUT2D eigenvalue weighted by Gasteiger charge is 2.31. The molecule has 0 unspecified atom stereocenters. The van der Waals surface area contributed by atoms with Gasteiger partial charge in [0, 0.05) is 12.1 Å². The van der Waals surface area contributed by atoms with E-state index in [0.717, 1.165) is 22.3 Å². The van der Waals surface area contributed by atoms with Gasteiger partial charge < -0.3 is 19.5 Å². The molecule has 0 amide bonds. The van der Waals surface area contributed by atoms with Crippen LogP contribution in [0.25, 0.3) is 22.5 Å². The second-order valence-electron chi connectivity index (χ2n) is 9.01. The van der Waals surface area contributed by atoms with Crippen LogP contribution in [0.3, 0.4) is 0 Å². The summed E-state index contributed by atoms with van der Waals surface area (Å²) in [6, 6.07) is 15.6. The molecule has 0 fully saturated rings. The average molecular weight is 477 g/mol. The predicted octanol–water partition coefficient (Wildman–Crippen LogP) is 3.63. The fourth-order valence-electron chi connectivity index (χ4n) is 3.84. The number of H-pyrrole nitrogens is 1. The van der Waals surface area contributed by atoms with Gasteiger partial charge in [0.25, 0.3) is 0 Å². The van der Waals surface area contributed by atoms with Crippen LogP contribution in [0.1, 0.15) is 55.3 Å². The van der Waals surface area contributed by atoms with Gasteiger partial charge in [0.2, 0.25) is 5.82 Å². The van der Waals surface area contributed by atoms with Crippen molar-refractivity contribution in [3.05, 3.63) is 71.3 Å². The number of rotatable bonds is 9. The van der Waals surface area contributed by atoms with Gasteiger partial charge in [-0.3, -0.25) is 0 Å². The van der Waals surface area contributed by atoms with E-state index in [1.54, 1.807) is 4.57 Å². The van der Waals surface area contributed by atoms with Crippen LogP contribution < -0.4 is 0 Å². The molecule has 3 N–H and O–H groups in total. The third kappa shape index (κ3) is 5.28. The van der Waals surface area contributed by atoms with Crippen LogP contribution in [0, 0.1) is 0 Å². The second-order valence-corrected chi connectivity index (χ2v) is 9.01. The number of ether oxygens (including phenoxy) is 1. The van der Waals surface area contributed by atoms with Gasteiger partial charge in [-0.05, 0) is 49.6 Å². The largest absolute Gasteiger partial charge is 0.477 e. The number of nitrogens with zero attached hydrogens (tertiary/aromatic N) is 5. The topological polar surface area (TPSA) is 139 Å². The molecule has 35 heavy (non-hydrogen) atoms. The number of carbonyl (C=O) groups is 1. The van der Waals surface area contributed by atoms with E-state index < -0.39 is 11.6 Å². The Labute approximate surface area is 202 Å². The summed E-state index contributed by atoms with van der Waals surface area (Å²) < 4.78 is 7.31. The molecular formula is C25H28N6O4. The lowest BCUT2D eigenvalue weighted by molar-refractivity contribution is 0.0580. The Morgan fingerprint density at radius 3 is 2.37 bits per heavy atom. The van der Waals surface area contributed by atoms with Crippen molar-refractivity contribution in [1.29, 1.82) is 0 Å². The Bertz CT molecular complexity index is 1300. The van der Waals surface area contributed by atoms with Crippen LogP contribution in [0.5, 0.6) is 0 Å². The van der Waals surface area contributed by atoms with Crippen LogP contribution >= 0.6 is 0 Å². The molecule has 2 aromatic heterocycles. The van der Waals surface area contributed by atoms with E-state index >= 15 is 0 Å². The minimum Gasteiger partial charge on any atom is -0.477 e. The van der Waals surface area contributed by atoms with E-state index in [2.05, 4.69) is 25.6 Å². The van der Waals surface area contributed by atoms with Crippen molar-refractivity contribution in [2.45, 2.75) is 52.6 Å². The lowest BCUT2D eigenvalue weighted by Crippen LogP contribution is -2.22. The Morgan fingerprint density at radius 2 is 1.80 bits per heavy atom. The molecule has 0 aliphatic heterocycles. The van der Waals surface area contributed by atoms with Crippen molar-refractivity contribution in [3.63, 3.8) is 0 Å². The first kappa shape index (κ1) is 24.2. The number of imidazole rings is 1. The standard InChI is InChI=1S/C25H28N6O4/c1-15(2)35-14-20-26-22(25(3,4)34)21(24(32)33)31(20)13-16-9-11-17(12-10-16)18-7-5-6-8-19(18)23-27-29-30-28-23/h5-12,15,34H,13-14H2,1-4H3,(H,32,33)(H,27,28,29,30). The van der Waals surface area contributed by atoms with Gasteiger partial charge in [0.05, 0.1) is 6.10 Å². The third-order valence-electron chi connectivity index (χ3n) is 5.49. The van der Waals surface area contributed by atoms with Crippen LogP contribution in [-0.2, 0) is 23.5 Å². The molecule has 0 radical (unpaired) electrons. The number of carboxylic acid groups (broad SMARTS) is 1. The van der Waals surface area contributed by atoms with E-state index in [1.807, 2.05) is 62.4 Å². The second kappa shape index (κ2) is 9.77. The molecule has 10 heteroatoms. The summed E-state index contributed by atoms with van der Waals surface area (Å²) in [4.78, 5) is 16.6. The highest BCUT2D eigenvalue weighted by Crippen LogP contribution is 2.30. The molecule has 0 atom stereocenters. The highest BCUT2D eigenvalue weighted by molar-refractivity contribution is 5.87. The maximum atomic E-state index is 12.2. The maximum Gasteiger partial charge on any atom is 0.354 e. The van der Waals surface area contributed by atoms with E-state index in [1.165, 1.54) is 13.8 Å². The molecule has 4 aromatic rings. The third-order valence-corrected chi connectivity index (χ3v) is 5.49. The summed E-state index contributed by atoms with van der Waals surface area (Å²) >= 11 is 0. The fraction of sp³-hybridized carbons (Fsp3) is 0.320. The lowest BCUT2D eigenvalue weighted by atomic mass is 9.98. The molecular weight excluding hydrogens is 448 g/mol. The molecule has 0 saturated heterocycles. The quantitative estimate of drug-likeness (QED) is 0.333. The van der Waals surface area contributed by atoms with E-state index in [4.69, 9.17) is 4.74 Å². The van der Waals surface area contributed by atoms with E-state index in [9.17, 15) is 15.0 Å². The number of hydrogen-bond donors (Lipinski definition) is 3. The van der Waals surface area contributed by atoms with Gasteiger partial charge in [-0.1, -0.05) is 48.5 Å². The fourth-order valence-corrected chi connectivity index (χ4v) is 3.84. The van der Waals surface area contributed by atoms with Crippen molar-refractivity contribution in [2.75, 3.05) is 0 Å². The van der Waals surface area contributed by atoms with Crippen LogP contribution in [0.4, 0.5) is 0 Å². The van der Waals surface area contributed by atoms with Gasteiger partial charge in [-0.15, -0.1) is 10.2 Å². The van der Waals surface area contributed by atoms with E-state index in [0.29, 0.717) is 11.6 Å². The molecule has 2 aromatic carbocycles. The summed E-state index contributed by atoms with van der Waals surface area (Å²) in [6.45, 7) is 7.23. The number of carboxylic acids is 1. The summed E-state index contributed by atoms with van der Waals surface area (Å²) in [5, 5.41) is 34.8. The van der Waals surface area contributed by atoms with Crippen molar-refractivity contribution < 1.29 is 19.7 Å². The van der Waals surface area contributed by atoms with E-state index in [-0.39, 0.29) is 30.6 Å². The summed E-state index contributed by atoms with van der Waals surface area (Å²) in [5.41, 5.74) is 2.26. The summed E-state index contributed by atoms with van der Waals surface area (Å²) in [5.74, 6) is -0.209. The number of tetrazole rings is 1. The number of nitrogens with one attached hydrogen (secondary N) is 1. The van der Waals surface area contributed by atoms with Crippen molar-refractivity contribution in [1.82, 2.24) is 30.2 Å². The highest BCUT2D eigenvalue weighted by atomic mass is 16.5. The monoisotopic (exact) mass is 476 g/mol. The van der Waals surface area contributed by atoms with Crippen LogP contribution in [0.15, 0.2) is 48.5 Å². The average Bonchev–Trinajstić information content (AvgIpc) is 3.46. The summed E-state index contributed by atoms with van der Waals surface area (Å²) in [7, 11) is 0. The zero-order valence-corrected chi connectivity index (χ0v) is 20.1. The van der Waals surface area contributed by atoms with Crippen molar-refractivity contribution in [3.8, 4) is 22.5 Å². The minimum atomic E-state index is -1.42. The zero-order valence-electron chi connectivity index (χ0n) is 20.1. The number of benzene rings is 2. The first-order valence-electron chi connectivity index (χ1n) is 11.2. The minimum absolute atomic E-state index is 0.0496. The number of aliphatic hydroxyl groups is 1. The lowest BCUT2D eigenvalue weighted by Gasteiger charge is -2.16.